The number of fused-ring (bicyclic) bond motifs is 1. The van der Waals surface area contributed by atoms with Gasteiger partial charge in [0, 0.05) is 18.8 Å². The van der Waals surface area contributed by atoms with Gasteiger partial charge in [-0.3, -0.25) is 4.79 Å². The van der Waals surface area contributed by atoms with Crippen LogP contribution in [0.25, 0.3) is 11.0 Å². The minimum absolute atomic E-state index is 0.269. The first-order valence-corrected chi connectivity index (χ1v) is 8.51. The molecule has 1 aromatic heterocycles. The lowest BCUT2D eigenvalue weighted by atomic mass is 10.2. The van der Waals surface area contributed by atoms with Gasteiger partial charge in [-0.1, -0.05) is 12.1 Å². The van der Waals surface area contributed by atoms with Gasteiger partial charge in [0.25, 0.3) is 5.91 Å². The number of benzene rings is 2. The van der Waals surface area contributed by atoms with Crippen LogP contribution in [0.4, 0.5) is 11.4 Å². The van der Waals surface area contributed by atoms with Crippen LogP contribution < -0.4 is 15.0 Å². The SMILES string of the molecule is COc1ccc(N2CCOCC2)cc1NC(=O)c1nc2ccccc2[nH]1. The standard InChI is InChI=1S/C19H20N4O3/c1-25-17-7-6-13(23-8-10-26-11-9-23)12-16(17)22-19(24)18-20-14-4-2-3-5-15(14)21-18/h2-7,12H,8-11H2,1H3,(H,20,21)(H,22,24). The molecule has 2 heterocycles. The monoisotopic (exact) mass is 352 g/mol. The van der Waals surface area contributed by atoms with Crippen molar-refractivity contribution in [2.45, 2.75) is 0 Å². The van der Waals surface area contributed by atoms with E-state index in [4.69, 9.17) is 9.47 Å². The first kappa shape index (κ1) is 16.4. The number of hydrogen-bond acceptors (Lipinski definition) is 5. The lowest BCUT2D eigenvalue weighted by Gasteiger charge is -2.29. The summed E-state index contributed by atoms with van der Waals surface area (Å²) < 4.78 is 10.8. The van der Waals surface area contributed by atoms with E-state index in [-0.39, 0.29) is 11.7 Å². The molecule has 0 radical (unpaired) electrons. The van der Waals surface area contributed by atoms with Crippen molar-refractivity contribution in [3.63, 3.8) is 0 Å². The van der Waals surface area contributed by atoms with E-state index in [2.05, 4.69) is 20.2 Å². The van der Waals surface area contributed by atoms with Crippen LogP contribution in [0.3, 0.4) is 0 Å². The third-order valence-corrected chi connectivity index (χ3v) is 4.41. The highest BCUT2D eigenvalue weighted by Crippen LogP contribution is 2.30. The molecule has 4 rings (SSSR count). The molecule has 3 aromatic rings. The number of aromatic amines is 1. The number of imidazole rings is 1. The second kappa shape index (κ2) is 7.05. The molecule has 1 aliphatic rings. The number of hydrogen-bond donors (Lipinski definition) is 2. The Hall–Kier alpha value is -3.06. The van der Waals surface area contributed by atoms with Gasteiger partial charge in [-0.15, -0.1) is 0 Å². The van der Waals surface area contributed by atoms with Gasteiger partial charge < -0.3 is 24.7 Å². The highest BCUT2D eigenvalue weighted by molar-refractivity contribution is 6.04. The maximum Gasteiger partial charge on any atom is 0.291 e. The quantitative estimate of drug-likeness (QED) is 0.755. The van der Waals surface area contributed by atoms with Gasteiger partial charge in [0.05, 0.1) is 37.0 Å². The van der Waals surface area contributed by atoms with Crippen molar-refractivity contribution in [3.05, 3.63) is 48.3 Å². The first-order valence-electron chi connectivity index (χ1n) is 8.51. The molecular weight excluding hydrogens is 332 g/mol. The number of nitrogens with zero attached hydrogens (tertiary/aromatic N) is 2. The van der Waals surface area contributed by atoms with E-state index >= 15 is 0 Å². The van der Waals surface area contributed by atoms with Crippen molar-refractivity contribution < 1.29 is 14.3 Å². The molecule has 0 aliphatic carbocycles. The van der Waals surface area contributed by atoms with Gasteiger partial charge in [-0.05, 0) is 30.3 Å². The molecule has 0 atom stereocenters. The largest absolute Gasteiger partial charge is 0.495 e. The Bertz CT molecular complexity index is 898. The molecule has 1 aliphatic heterocycles. The first-order chi connectivity index (χ1) is 12.7. The second-order valence-corrected chi connectivity index (χ2v) is 6.04. The van der Waals surface area contributed by atoms with Crippen molar-refractivity contribution >= 4 is 28.3 Å². The molecular formula is C19H20N4O3. The van der Waals surface area contributed by atoms with E-state index in [0.29, 0.717) is 24.7 Å². The fourth-order valence-corrected chi connectivity index (χ4v) is 3.05. The zero-order chi connectivity index (χ0) is 17.9. The van der Waals surface area contributed by atoms with Crippen LogP contribution in [0.15, 0.2) is 42.5 Å². The van der Waals surface area contributed by atoms with Crippen LogP contribution in [0.1, 0.15) is 10.6 Å². The van der Waals surface area contributed by atoms with Crippen molar-refractivity contribution in [3.8, 4) is 5.75 Å². The van der Waals surface area contributed by atoms with Crippen LogP contribution in [0.5, 0.6) is 5.75 Å². The zero-order valence-electron chi connectivity index (χ0n) is 14.5. The van der Waals surface area contributed by atoms with Crippen LogP contribution in [0, 0.1) is 0 Å². The predicted molar refractivity (Wildman–Crippen MR) is 100 cm³/mol. The third-order valence-electron chi connectivity index (χ3n) is 4.41. The van der Waals surface area contributed by atoms with Crippen molar-refractivity contribution in [2.24, 2.45) is 0 Å². The number of methoxy groups -OCH3 is 1. The predicted octanol–water partition coefficient (Wildman–Crippen LogP) is 2.66. The van der Waals surface area contributed by atoms with E-state index in [1.54, 1.807) is 7.11 Å². The fourth-order valence-electron chi connectivity index (χ4n) is 3.05. The summed E-state index contributed by atoms with van der Waals surface area (Å²) in [5, 5.41) is 2.90. The zero-order valence-corrected chi connectivity index (χ0v) is 14.5. The van der Waals surface area contributed by atoms with Crippen LogP contribution in [0.2, 0.25) is 0 Å². The lowest BCUT2D eigenvalue weighted by Crippen LogP contribution is -2.36. The minimum Gasteiger partial charge on any atom is -0.495 e. The van der Waals surface area contributed by atoms with Crippen LogP contribution >= 0.6 is 0 Å². The van der Waals surface area contributed by atoms with Crippen molar-refractivity contribution in [1.29, 1.82) is 0 Å². The number of carbonyl (C=O) groups is 1. The van der Waals surface area contributed by atoms with Gasteiger partial charge in [0.2, 0.25) is 0 Å². The summed E-state index contributed by atoms with van der Waals surface area (Å²) in [7, 11) is 1.58. The molecule has 7 nitrogen and oxygen atoms in total. The Morgan fingerprint density at radius 1 is 1.23 bits per heavy atom. The fraction of sp³-hybridized carbons (Fsp3) is 0.263. The number of rotatable bonds is 4. The maximum atomic E-state index is 12.6. The molecule has 0 spiro atoms. The number of para-hydroxylation sites is 2. The van der Waals surface area contributed by atoms with E-state index in [1.165, 1.54) is 0 Å². The molecule has 1 saturated heterocycles. The summed E-state index contributed by atoms with van der Waals surface area (Å²) in [4.78, 5) is 22.2. The number of ether oxygens (including phenoxy) is 2. The number of anilines is 2. The highest BCUT2D eigenvalue weighted by atomic mass is 16.5. The summed E-state index contributed by atoms with van der Waals surface area (Å²) in [6.45, 7) is 3.05. The molecule has 0 bridgehead atoms. The van der Waals surface area contributed by atoms with Gasteiger partial charge in [0.1, 0.15) is 5.75 Å². The number of amides is 1. The molecule has 0 saturated carbocycles. The summed E-state index contributed by atoms with van der Waals surface area (Å²) >= 11 is 0. The van der Waals surface area contributed by atoms with E-state index in [0.717, 1.165) is 29.8 Å². The number of carbonyl (C=O) groups excluding carboxylic acids is 1. The van der Waals surface area contributed by atoms with Crippen LogP contribution in [-0.2, 0) is 4.74 Å². The molecule has 7 heteroatoms. The smallest absolute Gasteiger partial charge is 0.291 e. The van der Waals surface area contributed by atoms with Gasteiger partial charge in [-0.25, -0.2) is 4.98 Å². The lowest BCUT2D eigenvalue weighted by molar-refractivity contribution is 0.101. The summed E-state index contributed by atoms with van der Waals surface area (Å²) in [5.74, 6) is 0.565. The number of morpholine rings is 1. The van der Waals surface area contributed by atoms with Gasteiger partial charge >= 0.3 is 0 Å². The summed E-state index contributed by atoms with van der Waals surface area (Å²) in [6, 6.07) is 13.3. The Balaban J connectivity index is 1.60. The Morgan fingerprint density at radius 3 is 2.81 bits per heavy atom. The molecule has 2 aromatic carbocycles. The second-order valence-electron chi connectivity index (χ2n) is 6.04. The molecule has 0 unspecified atom stereocenters. The average molecular weight is 352 g/mol. The molecule has 2 N–H and O–H groups in total. The minimum atomic E-state index is -0.307. The number of aromatic nitrogens is 2. The molecule has 1 amide bonds. The number of H-pyrrole nitrogens is 1. The number of nitrogens with one attached hydrogen (secondary N) is 2. The van der Waals surface area contributed by atoms with Crippen molar-refractivity contribution in [2.75, 3.05) is 43.6 Å². The molecule has 26 heavy (non-hydrogen) atoms. The Morgan fingerprint density at radius 2 is 2.04 bits per heavy atom. The normalized spacial score (nSPS) is 14.4. The maximum absolute atomic E-state index is 12.6. The Kier molecular flexibility index (Phi) is 4.45. The van der Waals surface area contributed by atoms with Gasteiger partial charge in [0.15, 0.2) is 5.82 Å². The average Bonchev–Trinajstić information content (AvgIpc) is 3.13. The van der Waals surface area contributed by atoms with E-state index in [9.17, 15) is 4.79 Å². The van der Waals surface area contributed by atoms with Crippen molar-refractivity contribution in [1.82, 2.24) is 9.97 Å². The topological polar surface area (TPSA) is 79.5 Å². The van der Waals surface area contributed by atoms with Gasteiger partial charge in [-0.2, -0.15) is 0 Å². The Labute approximate surface area is 150 Å². The van der Waals surface area contributed by atoms with E-state index < -0.39 is 0 Å². The molecule has 134 valence electrons. The summed E-state index contributed by atoms with van der Waals surface area (Å²) in [6.07, 6.45) is 0. The van der Waals surface area contributed by atoms with E-state index in [1.807, 2.05) is 42.5 Å². The third kappa shape index (κ3) is 3.21. The summed E-state index contributed by atoms with van der Waals surface area (Å²) in [5.41, 5.74) is 3.22. The highest BCUT2D eigenvalue weighted by Gasteiger charge is 2.17. The van der Waals surface area contributed by atoms with Crippen LogP contribution in [-0.4, -0.2) is 49.3 Å². The molecule has 1 fully saturated rings.